The smallest absolute Gasteiger partial charge is 0.220 e. The van der Waals surface area contributed by atoms with E-state index in [9.17, 15) is 4.79 Å². The lowest BCUT2D eigenvalue weighted by Crippen LogP contribution is -2.34. The van der Waals surface area contributed by atoms with Crippen molar-refractivity contribution in [1.82, 2.24) is 20.3 Å². The Kier molecular flexibility index (Phi) is 28.6. The number of hydrogen-bond donors (Lipinski definition) is 1. The van der Waals surface area contributed by atoms with Crippen LogP contribution in [-0.2, 0) is 36.9 Å². The third kappa shape index (κ3) is 25.2. The zero-order valence-corrected chi connectivity index (χ0v) is 29.7. The van der Waals surface area contributed by atoms with Crippen molar-refractivity contribution >= 4 is 5.91 Å². The van der Waals surface area contributed by atoms with Gasteiger partial charge in [0.05, 0.1) is 58.5 Å². The molecule has 0 radical (unpaired) electrons. The summed E-state index contributed by atoms with van der Waals surface area (Å²) in [6.45, 7) is 13.5. The molecule has 9 nitrogen and oxygen atoms in total. The summed E-state index contributed by atoms with van der Waals surface area (Å²) in [4.78, 5) is 12.6. The van der Waals surface area contributed by atoms with Crippen LogP contribution >= 0.6 is 0 Å². The van der Waals surface area contributed by atoms with Gasteiger partial charge in [-0.2, -0.15) is 0 Å². The summed E-state index contributed by atoms with van der Waals surface area (Å²) in [5.74, 6) is 0.213. The number of nitrogens with zero attached hydrogens (tertiary/aromatic N) is 3. The third-order valence-electron chi connectivity index (χ3n) is 8.12. The SMILES string of the molecule is CCCCCCCC(CCCCC)NC(=O)CCCCCn1cc(COCCOCCOCCOC(CCC)CCCC)nn1. The van der Waals surface area contributed by atoms with Gasteiger partial charge < -0.3 is 24.3 Å². The summed E-state index contributed by atoms with van der Waals surface area (Å²) in [5.41, 5.74) is 0.821. The third-order valence-corrected chi connectivity index (χ3v) is 8.12. The first-order valence-electron chi connectivity index (χ1n) is 18.7. The number of carbonyl (C=O) groups excluding carboxylic acids is 1. The molecule has 0 aliphatic carbocycles. The van der Waals surface area contributed by atoms with Crippen molar-refractivity contribution in [3.63, 3.8) is 0 Å². The molecule has 264 valence electrons. The lowest BCUT2D eigenvalue weighted by molar-refractivity contribution is -0.122. The number of nitrogens with one attached hydrogen (secondary N) is 1. The van der Waals surface area contributed by atoms with Gasteiger partial charge in [-0.15, -0.1) is 5.10 Å². The molecule has 0 bridgehead atoms. The number of aromatic nitrogens is 3. The van der Waals surface area contributed by atoms with Gasteiger partial charge in [0, 0.05) is 19.0 Å². The van der Waals surface area contributed by atoms with Crippen LogP contribution in [0.4, 0.5) is 0 Å². The maximum Gasteiger partial charge on any atom is 0.220 e. The second kappa shape index (κ2) is 31.1. The lowest BCUT2D eigenvalue weighted by Gasteiger charge is -2.19. The van der Waals surface area contributed by atoms with E-state index < -0.39 is 0 Å². The number of amides is 1. The Balaban J connectivity index is 2.05. The first-order chi connectivity index (χ1) is 22.1. The molecule has 45 heavy (non-hydrogen) atoms. The molecule has 2 unspecified atom stereocenters. The van der Waals surface area contributed by atoms with Crippen LogP contribution in [0.5, 0.6) is 0 Å². The zero-order chi connectivity index (χ0) is 32.6. The molecular weight excluding hydrogens is 568 g/mol. The summed E-state index contributed by atoms with van der Waals surface area (Å²) >= 11 is 0. The van der Waals surface area contributed by atoms with Crippen LogP contribution in [0.15, 0.2) is 6.20 Å². The van der Waals surface area contributed by atoms with Crippen LogP contribution in [0.2, 0.25) is 0 Å². The normalized spacial score (nSPS) is 12.9. The molecule has 9 heteroatoms. The number of ether oxygens (including phenoxy) is 4. The van der Waals surface area contributed by atoms with Crippen molar-refractivity contribution in [2.75, 3.05) is 39.6 Å². The molecule has 0 aliphatic heterocycles. The molecule has 0 aromatic carbocycles. The average molecular weight is 639 g/mol. The van der Waals surface area contributed by atoms with Gasteiger partial charge in [-0.3, -0.25) is 9.48 Å². The summed E-state index contributed by atoms with van der Waals surface area (Å²) in [6, 6.07) is 0.343. The summed E-state index contributed by atoms with van der Waals surface area (Å²) < 4.78 is 24.7. The second-order valence-electron chi connectivity index (χ2n) is 12.4. The molecule has 1 heterocycles. The van der Waals surface area contributed by atoms with E-state index in [1.54, 1.807) is 0 Å². The fourth-order valence-corrected chi connectivity index (χ4v) is 5.43. The van der Waals surface area contributed by atoms with Gasteiger partial charge in [-0.1, -0.05) is 110 Å². The Morgan fingerprint density at radius 3 is 2.02 bits per heavy atom. The Morgan fingerprint density at radius 1 is 0.689 bits per heavy atom. The Morgan fingerprint density at radius 2 is 1.31 bits per heavy atom. The summed E-state index contributed by atoms with van der Waals surface area (Å²) in [7, 11) is 0. The molecule has 0 aliphatic rings. The Hall–Kier alpha value is -1.55. The van der Waals surface area contributed by atoms with Crippen LogP contribution in [-0.4, -0.2) is 72.7 Å². The van der Waals surface area contributed by atoms with E-state index in [0.717, 1.165) is 63.6 Å². The van der Waals surface area contributed by atoms with Crippen LogP contribution < -0.4 is 5.32 Å². The minimum atomic E-state index is 0.213. The molecule has 1 N–H and O–H groups in total. The molecular formula is C36H70N4O5. The Labute approximate surface area is 276 Å². The molecule has 1 rings (SSSR count). The molecule has 1 aromatic rings. The molecule has 1 amide bonds. The summed E-state index contributed by atoms with van der Waals surface area (Å²) in [5, 5.41) is 11.8. The molecule has 0 saturated heterocycles. The minimum Gasteiger partial charge on any atom is -0.377 e. The maximum atomic E-state index is 12.6. The Bertz CT molecular complexity index is 778. The fourth-order valence-electron chi connectivity index (χ4n) is 5.43. The van der Waals surface area contributed by atoms with Gasteiger partial charge >= 0.3 is 0 Å². The van der Waals surface area contributed by atoms with E-state index in [0.29, 0.717) is 64.8 Å². The van der Waals surface area contributed by atoms with Crippen molar-refractivity contribution in [3.05, 3.63) is 11.9 Å². The predicted molar refractivity (Wildman–Crippen MR) is 183 cm³/mol. The van der Waals surface area contributed by atoms with Crippen molar-refractivity contribution in [2.24, 2.45) is 0 Å². The van der Waals surface area contributed by atoms with Gasteiger partial charge in [0.1, 0.15) is 5.69 Å². The van der Waals surface area contributed by atoms with E-state index in [1.165, 1.54) is 64.2 Å². The highest BCUT2D eigenvalue weighted by Crippen LogP contribution is 2.14. The first kappa shape index (κ1) is 41.5. The lowest BCUT2D eigenvalue weighted by atomic mass is 10.0. The molecule has 0 fully saturated rings. The van der Waals surface area contributed by atoms with E-state index in [2.05, 4.69) is 43.3 Å². The highest BCUT2D eigenvalue weighted by molar-refractivity contribution is 5.76. The highest BCUT2D eigenvalue weighted by atomic mass is 16.6. The quantitative estimate of drug-likeness (QED) is 0.0760. The number of aryl methyl sites for hydroxylation is 1. The van der Waals surface area contributed by atoms with E-state index >= 15 is 0 Å². The van der Waals surface area contributed by atoms with E-state index in [1.807, 2.05) is 10.9 Å². The molecule has 2 atom stereocenters. The highest BCUT2D eigenvalue weighted by Gasteiger charge is 2.12. The standard InChI is InChI=1S/C36H70N4O5/c1-5-9-12-13-16-21-33(20-15-10-6-2)37-36(41)23-17-14-18-24-40-31-34(38-39-40)32-44-28-27-42-25-26-43-29-30-45-35(19-8-4)22-11-7-3/h31,33,35H,5-30,32H2,1-4H3,(H,37,41). The van der Waals surface area contributed by atoms with Gasteiger partial charge in [0.25, 0.3) is 0 Å². The van der Waals surface area contributed by atoms with Crippen molar-refractivity contribution in [1.29, 1.82) is 0 Å². The van der Waals surface area contributed by atoms with Crippen LogP contribution in [0.1, 0.15) is 155 Å². The van der Waals surface area contributed by atoms with Crippen LogP contribution in [0.3, 0.4) is 0 Å². The van der Waals surface area contributed by atoms with Crippen molar-refractivity contribution in [3.8, 4) is 0 Å². The predicted octanol–water partition coefficient (Wildman–Crippen LogP) is 8.19. The zero-order valence-electron chi connectivity index (χ0n) is 29.7. The maximum absolute atomic E-state index is 12.6. The van der Waals surface area contributed by atoms with Crippen molar-refractivity contribution in [2.45, 2.75) is 175 Å². The number of hydrogen-bond acceptors (Lipinski definition) is 7. The van der Waals surface area contributed by atoms with Gasteiger partial charge in [0.2, 0.25) is 5.91 Å². The molecule has 0 spiro atoms. The fraction of sp³-hybridized carbons (Fsp3) is 0.917. The van der Waals surface area contributed by atoms with E-state index in [-0.39, 0.29) is 5.91 Å². The van der Waals surface area contributed by atoms with E-state index in [4.69, 9.17) is 18.9 Å². The minimum absolute atomic E-state index is 0.213. The number of rotatable bonds is 34. The van der Waals surface area contributed by atoms with Gasteiger partial charge in [-0.25, -0.2) is 0 Å². The second-order valence-corrected chi connectivity index (χ2v) is 12.4. The number of carbonyl (C=O) groups is 1. The number of unbranched alkanes of at least 4 members (excludes halogenated alkanes) is 9. The molecule has 0 saturated carbocycles. The van der Waals surface area contributed by atoms with Gasteiger partial charge in [-0.05, 0) is 38.5 Å². The topological polar surface area (TPSA) is 96.7 Å². The first-order valence-corrected chi connectivity index (χ1v) is 18.7. The summed E-state index contributed by atoms with van der Waals surface area (Å²) in [6.07, 6.45) is 24.0. The average Bonchev–Trinajstić information content (AvgIpc) is 3.49. The molecule has 1 aromatic heterocycles. The monoisotopic (exact) mass is 639 g/mol. The van der Waals surface area contributed by atoms with Crippen LogP contribution in [0.25, 0.3) is 0 Å². The van der Waals surface area contributed by atoms with Crippen molar-refractivity contribution < 1.29 is 23.7 Å². The largest absolute Gasteiger partial charge is 0.377 e. The van der Waals surface area contributed by atoms with Crippen LogP contribution in [0, 0.1) is 0 Å². The van der Waals surface area contributed by atoms with Gasteiger partial charge in [0.15, 0.2) is 0 Å².